The second-order valence-electron chi connectivity index (χ2n) is 4.83. The molecular weight excluding hydrogens is 274 g/mol. The highest BCUT2D eigenvalue weighted by Crippen LogP contribution is 2.23. The van der Waals surface area contributed by atoms with Crippen molar-refractivity contribution >= 4 is 17.5 Å². The first-order chi connectivity index (χ1) is 9.60. The van der Waals surface area contributed by atoms with Crippen molar-refractivity contribution in [3.8, 4) is 11.3 Å². The van der Waals surface area contributed by atoms with Crippen LogP contribution >= 0.6 is 11.6 Å². The van der Waals surface area contributed by atoms with E-state index in [1.54, 1.807) is 24.3 Å². The van der Waals surface area contributed by atoms with E-state index in [-0.39, 0.29) is 11.9 Å². The maximum Gasteiger partial charge on any atom is 0.287 e. The first-order valence-electron chi connectivity index (χ1n) is 6.76. The summed E-state index contributed by atoms with van der Waals surface area (Å²) in [6.45, 7) is 4.08. The van der Waals surface area contributed by atoms with Crippen LogP contribution < -0.4 is 5.32 Å². The predicted molar refractivity (Wildman–Crippen MR) is 81.0 cm³/mol. The molecule has 20 heavy (non-hydrogen) atoms. The average Bonchev–Trinajstić information content (AvgIpc) is 2.89. The highest BCUT2D eigenvalue weighted by atomic mass is 35.5. The molecule has 1 N–H and O–H groups in total. The van der Waals surface area contributed by atoms with Gasteiger partial charge in [0.15, 0.2) is 5.76 Å². The van der Waals surface area contributed by atoms with Gasteiger partial charge >= 0.3 is 0 Å². The molecule has 1 unspecified atom stereocenters. The number of rotatable bonds is 5. The molecule has 0 spiro atoms. The van der Waals surface area contributed by atoms with E-state index in [1.165, 1.54) is 0 Å². The number of halogens is 1. The summed E-state index contributed by atoms with van der Waals surface area (Å²) >= 11 is 5.85. The summed E-state index contributed by atoms with van der Waals surface area (Å²) in [5.74, 6) is 0.819. The van der Waals surface area contributed by atoms with Crippen molar-refractivity contribution in [1.82, 2.24) is 5.32 Å². The Morgan fingerprint density at radius 2 is 1.95 bits per heavy atom. The normalized spacial score (nSPS) is 12.2. The summed E-state index contributed by atoms with van der Waals surface area (Å²) in [5.41, 5.74) is 0.898. The van der Waals surface area contributed by atoms with Crippen LogP contribution in [0, 0.1) is 0 Å². The third kappa shape index (κ3) is 3.64. The summed E-state index contributed by atoms with van der Waals surface area (Å²) in [6, 6.07) is 11.0. The van der Waals surface area contributed by atoms with Crippen LogP contribution in [0.1, 0.15) is 37.2 Å². The number of benzene rings is 1. The number of furan rings is 1. The highest BCUT2D eigenvalue weighted by Gasteiger charge is 2.14. The molecule has 1 atom stereocenters. The molecule has 1 heterocycles. The van der Waals surface area contributed by atoms with Crippen molar-refractivity contribution in [3.05, 3.63) is 47.2 Å². The summed E-state index contributed by atoms with van der Waals surface area (Å²) in [4.78, 5) is 12.0. The number of nitrogens with one attached hydrogen (secondary N) is 1. The van der Waals surface area contributed by atoms with E-state index in [9.17, 15) is 4.79 Å². The molecule has 0 bridgehead atoms. The quantitative estimate of drug-likeness (QED) is 0.880. The van der Waals surface area contributed by atoms with Gasteiger partial charge < -0.3 is 9.73 Å². The lowest BCUT2D eigenvalue weighted by atomic mass is 10.2. The van der Waals surface area contributed by atoms with E-state index >= 15 is 0 Å². The molecule has 0 aliphatic carbocycles. The fourth-order valence-electron chi connectivity index (χ4n) is 2.03. The minimum atomic E-state index is -0.175. The molecule has 0 saturated heterocycles. The molecule has 0 radical (unpaired) electrons. The molecule has 0 fully saturated rings. The second kappa shape index (κ2) is 6.62. The molecule has 3 nitrogen and oxygen atoms in total. The standard InChI is InChI=1S/C16H18ClNO2/c1-3-4-11(2)18-16(19)15-10-9-14(20-15)12-5-7-13(17)8-6-12/h5-11H,3-4H2,1-2H3,(H,18,19). The molecule has 2 aromatic rings. The summed E-state index contributed by atoms with van der Waals surface area (Å²) < 4.78 is 5.60. The van der Waals surface area contributed by atoms with Crippen LogP contribution in [0.2, 0.25) is 5.02 Å². The zero-order chi connectivity index (χ0) is 14.5. The molecule has 1 aromatic carbocycles. The van der Waals surface area contributed by atoms with Gasteiger partial charge in [-0.2, -0.15) is 0 Å². The number of carbonyl (C=O) groups is 1. The van der Waals surface area contributed by atoms with E-state index in [0.717, 1.165) is 18.4 Å². The van der Waals surface area contributed by atoms with Gasteiger partial charge in [-0.1, -0.05) is 24.9 Å². The van der Waals surface area contributed by atoms with E-state index in [0.29, 0.717) is 16.5 Å². The smallest absolute Gasteiger partial charge is 0.287 e. The summed E-state index contributed by atoms with van der Waals surface area (Å²) in [6.07, 6.45) is 1.99. The van der Waals surface area contributed by atoms with Gasteiger partial charge in [0.1, 0.15) is 5.76 Å². The Morgan fingerprint density at radius 1 is 1.25 bits per heavy atom. The predicted octanol–water partition coefficient (Wildman–Crippen LogP) is 4.52. The van der Waals surface area contributed by atoms with E-state index < -0.39 is 0 Å². The Hall–Kier alpha value is -1.74. The van der Waals surface area contributed by atoms with E-state index in [1.807, 2.05) is 19.1 Å². The molecular formula is C16H18ClNO2. The Balaban J connectivity index is 2.08. The Kier molecular flexibility index (Phi) is 4.85. The summed E-state index contributed by atoms with van der Waals surface area (Å²) in [7, 11) is 0. The van der Waals surface area contributed by atoms with Crippen molar-refractivity contribution < 1.29 is 9.21 Å². The largest absolute Gasteiger partial charge is 0.451 e. The molecule has 4 heteroatoms. The fourth-order valence-corrected chi connectivity index (χ4v) is 2.16. The Morgan fingerprint density at radius 3 is 2.60 bits per heavy atom. The van der Waals surface area contributed by atoms with Crippen molar-refractivity contribution in [2.24, 2.45) is 0 Å². The topological polar surface area (TPSA) is 42.2 Å². The summed E-state index contributed by atoms with van der Waals surface area (Å²) in [5, 5.41) is 3.59. The minimum Gasteiger partial charge on any atom is -0.451 e. The van der Waals surface area contributed by atoms with Crippen LogP contribution in [0.3, 0.4) is 0 Å². The van der Waals surface area contributed by atoms with Crippen molar-refractivity contribution in [1.29, 1.82) is 0 Å². The molecule has 1 amide bonds. The molecule has 106 valence electrons. The van der Waals surface area contributed by atoms with Gasteiger partial charge in [-0.05, 0) is 49.7 Å². The number of hydrogen-bond donors (Lipinski definition) is 1. The third-order valence-corrected chi connectivity index (χ3v) is 3.31. The monoisotopic (exact) mass is 291 g/mol. The zero-order valence-electron chi connectivity index (χ0n) is 11.7. The highest BCUT2D eigenvalue weighted by molar-refractivity contribution is 6.30. The Labute approximate surface area is 123 Å². The van der Waals surface area contributed by atoms with Gasteiger partial charge in [-0.25, -0.2) is 0 Å². The van der Waals surface area contributed by atoms with Gasteiger partial charge in [-0.3, -0.25) is 4.79 Å². The van der Waals surface area contributed by atoms with Crippen molar-refractivity contribution in [2.75, 3.05) is 0 Å². The van der Waals surface area contributed by atoms with Crippen LogP contribution in [0.25, 0.3) is 11.3 Å². The van der Waals surface area contributed by atoms with Gasteiger partial charge in [0.2, 0.25) is 0 Å². The SMILES string of the molecule is CCCC(C)NC(=O)c1ccc(-c2ccc(Cl)cc2)o1. The maximum atomic E-state index is 12.0. The van der Waals surface area contributed by atoms with Crippen molar-refractivity contribution in [3.63, 3.8) is 0 Å². The first kappa shape index (κ1) is 14.7. The lowest BCUT2D eigenvalue weighted by molar-refractivity contribution is 0.0911. The van der Waals surface area contributed by atoms with Gasteiger partial charge in [0.05, 0.1) is 0 Å². The van der Waals surface area contributed by atoms with Crippen LogP contribution in [0.4, 0.5) is 0 Å². The van der Waals surface area contributed by atoms with Gasteiger partial charge in [0.25, 0.3) is 5.91 Å². The molecule has 2 rings (SSSR count). The van der Waals surface area contributed by atoms with Crippen LogP contribution in [0.15, 0.2) is 40.8 Å². The van der Waals surface area contributed by atoms with Crippen LogP contribution in [-0.4, -0.2) is 11.9 Å². The van der Waals surface area contributed by atoms with Crippen molar-refractivity contribution in [2.45, 2.75) is 32.7 Å². The Bertz CT molecular complexity index is 574. The maximum absolute atomic E-state index is 12.0. The first-order valence-corrected chi connectivity index (χ1v) is 7.14. The van der Waals surface area contributed by atoms with Crippen LogP contribution in [-0.2, 0) is 0 Å². The molecule has 1 aromatic heterocycles. The fraction of sp³-hybridized carbons (Fsp3) is 0.312. The third-order valence-electron chi connectivity index (χ3n) is 3.06. The minimum absolute atomic E-state index is 0.150. The lowest BCUT2D eigenvalue weighted by Crippen LogP contribution is -2.32. The molecule has 0 aliphatic rings. The average molecular weight is 292 g/mol. The van der Waals surface area contributed by atoms with E-state index in [4.69, 9.17) is 16.0 Å². The molecule has 0 saturated carbocycles. The van der Waals surface area contributed by atoms with Gasteiger partial charge in [-0.15, -0.1) is 0 Å². The lowest BCUT2D eigenvalue weighted by Gasteiger charge is -2.10. The number of hydrogen-bond acceptors (Lipinski definition) is 2. The number of carbonyl (C=O) groups excluding carboxylic acids is 1. The van der Waals surface area contributed by atoms with Crippen LogP contribution in [0.5, 0.6) is 0 Å². The van der Waals surface area contributed by atoms with E-state index in [2.05, 4.69) is 12.2 Å². The number of amides is 1. The zero-order valence-corrected chi connectivity index (χ0v) is 12.4. The second-order valence-corrected chi connectivity index (χ2v) is 5.27. The van der Waals surface area contributed by atoms with Gasteiger partial charge in [0, 0.05) is 16.6 Å². The molecule has 0 aliphatic heterocycles.